The number of hydrogen-bond acceptors (Lipinski definition) is 6. The van der Waals surface area contributed by atoms with Crippen molar-refractivity contribution in [2.75, 3.05) is 12.4 Å². The van der Waals surface area contributed by atoms with Gasteiger partial charge in [0.05, 0.1) is 11.8 Å². The van der Waals surface area contributed by atoms with Crippen LogP contribution in [0.5, 0.6) is 0 Å². The predicted molar refractivity (Wildman–Crippen MR) is 155 cm³/mol. The van der Waals surface area contributed by atoms with E-state index in [2.05, 4.69) is 37.4 Å². The lowest BCUT2D eigenvalue weighted by atomic mass is 9.48. The molecular formula is C31H48ClN3O5. The number of ether oxygens (including phenoxy) is 1. The fraction of sp³-hybridized carbons (Fsp3) is 0.839. The smallest absolute Gasteiger partial charge is 0.340 e. The summed E-state index contributed by atoms with van der Waals surface area (Å²) in [4.78, 5) is 45.7. The molecule has 0 saturated heterocycles. The van der Waals surface area contributed by atoms with Crippen molar-refractivity contribution in [3.63, 3.8) is 0 Å². The van der Waals surface area contributed by atoms with Gasteiger partial charge in [-0.25, -0.2) is 4.79 Å². The molecule has 0 bridgehead atoms. The van der Waals surface area contributed by atoms with Gasteiger partial charge in [0.15, 0.2) is 0 Å². The second-order valence-corrected chi connectivity index (χ2v) is 13.8. The van der Waals surface area contributed by atoms with Crippen LogP contribution in [0.25, 0.3) is 0 Å². The lowest BCUT2D eigenvalue weighted by Crippen LogP contribution is -2.50. The maximum atomic E-state index is 12.4. The van der Waals surface area contributed by atoms with Crippen LogP contribution in [-0.2, 0) is 14.3 Å². The lowest BCUT2D eigenvalue weighted by Gasteiger charge is -2.56. The number of ketones is 1. The zero-order chi connectivity index (χ0) is 29.1. The molecule has 6 unspecified atom stereocenters. The van der Waals surface area contributed by atoms with Crippen molar-refractivity contribution in [1.82, 2.24) is 10.3 Å². The van der Waals surface area contributed by atoms with E-state index in [1.807, 2.05) is 0 Å². The van der Waals surface area contributed by atoms with Gasteiger partial charge in [-0.2, -0.15) is 5.01 Å². The van der Waals surface area contributed by atoms with Crippen LogP contribution >= 0.6 is 11.6 Å². The van der Waals surface area contributed by atoms with Crippen LogP contribution in [0.15, 0.2) is 16.9 Å². The number of fused-ring (bicyclic) bond motifs is 5. The van der Waals surface area contributed by atoms with Gasteiger partial charge in [-0.05, 0) is 93.3 Å². The van der Waals surface area contributed by atoms with Crippen molar-refractivity contribution < 1.29 is 19.1 Å². The molecule has 6 atom stereocenters. The Morgan fingerprint density at radius 2 is 1.75 bits per heavy atom. The molecule has 2 amide bonds. The highest BCUT2D eigenvalue weighted by Gasteiger charge is 2.58. The van der Waals surface area contributed by atoms with Gasteiger partial charge >= 0.3 is 12.0 Å². The van der Waals surface area contributed by atoms with E-state index in [1.54, 1.807) is 0 Å². The van der Waals surface area contributed by atoms with E-state index < -0.39 is 6.03 Å². The van der Waals surface area contributed by atoms with Gasteiger partial charge in [0.25, 0.3) is 0 Å². The Hall–Kier alpha value is -1.96. The third-order valence-corrected chi connectivity index (χ3v) is 11.2. The molecule has 0 heterocycles. The van der Waals surface area contributed by atoms with E-state index in [4.69, 9.17) is 16.3 Å². The minimum atomic E-state index is -0.435. The molecule has 9 heteroatoms. The molecule has 5 rings (SSSR count). The number of allylic oxidation sites excluding steroid dienone is 1. The van der Waals surface area contributed by atoms with Crippen LogP contribution in [0.4, 0.5) is 4.79 Å². The SMILES string of the molecule is CC(=O)OC1CCC2(C)C(=CCC3C4CCC(=O)C4(C)CCC32)C1.CC1CCC(NC(=O)N(CCCl)N=O)CC1. The van der Waals surface area contributed by atoms with Crippen molar-refractivity contribution in [3.05, 3.63) is 16.6 Å². The zero-order valence-corrected chi connectivity index (χ0v) is 25.5. The van der Waals surface area contributed by atoms with Crippen molar-refractivity contribution in [2.24, 2.45) is 39.8 Å². The summed E-state index contributed by atoms with van der Waals surface area (Å²) in [5.74, 6) is 3.27. The largest absolute Gasteiger partial charge is 0.462 e. The number of nitroso groups, excluding NO2 is 1. The van der Waals surface area contributed by atoms with E-state index in [0.29, 0.717) is 23.5 Å². The van der Waals surface area contributed by atoms with Gasteiger partial charge in [0, 0.05) is 37.1 Å². The van der Waals surface area contributed by atoms with Gasteiger partial charge in [0.1, 0.15) is 11.9 Å². The molecule has 0 aromatic rings. The minimum absolute atomic E-state index is 0.0438. The first-order valence-corrected chi connectivity index (χ1v) is 15.9. The summed E-state index contributed by atoms with van der Waals surface area (Å²) in [5.41, 5.74) is 1.74. The van der Waals surface area contributed by atoms with E-state index in [1.165, 1.54) is 18.9 Å². The number of amides is 2. The summed E-state index contributed by atoms with van der Waals surface area (Å²) in [7, 11) is 0. The molecule has 5 aliphatic carbocycles. The monoisotopic (exact) mass is 577 g/mol. The van der Waals surface area contributed by atoms with Gasteiger partial charge in [0.2, 0.25) is 0 Å². The fourth-order valence-electron chi connectivity index (χ4n) is 8.65. The van der Waals surface area contributed by atoms with Crippen LogP contribution in [0.1, 0.15) is 105 Å². The van der Waals surface area contributed by atoms with Crippen LogP contribution < -0.4 is 5.32 Å². The number of Topliss-reactive ketones (excluding diaryl/α,β-unsaturated/α-hetero) is 1. The second kappa shape index (κ2) is 12.9. The summed E-state index contributed by atoms with van der Waals surface area (Å²) in [5, 5.41) is 6.29. The Bertz CT molecular complexity index is 995. The predicted octanol–water partition coefficient (Wildman–Crippen LogP) is 6.95. The maximum Gasteiger partial charge on any atom is 0.340 e. The Labute approximate surface area is 244 Å². The average Bonchev–Trinajstić information content (AvgIpc) is 3.23. The van der Waals surface area contributed by atoms with Crippen molar-refractivity contribution in [1.29, 1.82) is 0 Å². The zero-order valence-electron chi connectivity index (χ0n) is 24.8. The van der Waals surface area contributed by atoms with Gasteiger partial charge in [-0.1, -0.05) is 32.4 Å². The number of rotatable bonds is 5. The molecule has 0 aromatic heterocycles. The van der Waals surface area contributed by atoms with Crippen LogP contribution in [0.3, 0.4) is 0 Å². The molecule has 4 fully saturated rings. The van der Waals surface area contributed by atoms with E-state index in [-0.39, 0.29) is 41.4 Å². The van der Waals surface area contributed by atoms with Crippen LogP contribution in [0, 0.1) is 39.4 Å². The number of urea groups is 1. The number of carbonyl (C=O) groups excluding carboxylic acids is 3. The summed E-state index contributed by atoms with van der Waals surface area (Å²) in [6, 6.07) is -0.265. The molecule has 0 aliphatic heterocycles. The highest BCUT2D eigenvalue weighted by Crippen LogP contribution is 2.64. The molecule has 224 valence electrons. The van der Waals surface area contributed by atoms with E-state index in [9.17, 15) is 19.3 Å². The first-order valence-electron chi connectivity index (χ1n) is 15.4. The molecule has 40 heavy (non-hydrogen) atoms. The molecule has 0 aromatic carbocycles. The van der Waals surface area contributed by atoms with E-state index >= 15 is 0 Å². The fourth-order valence-corrected chi connectivity index (χ4v) is 8.81. The minimum Gasteiger partial charge on any atom is -0.462 e. The molecule has 1 N–H and O–H groups in total. The molecule has 0 radical (unpaired) electrons. The Morgan fingerprint density at radius 1 is 1.07 bits per heavy atom. The van der Waals surface area contributed by atoms with Crippen molar-refractivity contribution in [2.45, 2.75) is 117 Å². The molecule has 8 nitrogen and oxygen atoms in total. The number of hydrogen-bond donors (Lipinski definition) is 1. The molecule has 0 spiro atoms. The van der Waals surface area contributed by atoms with Crippen molar-refractivity contribution in [3.8, 4) is 0 Å². The van der Waals surface area contributed by atoms with Crippen LogP contribution in [0.2, 0.25) is 0 Å². The number of nitrogens with zero attached hydrogens (tertiary/aromatic N) is 2. The van der Waals surface area contributed by atoms with Gasteiger partial charge in [-0.15, -0.1) is 16.5 Å². The Morgan fingerprint density at radius 3 is 2.40 bits per heavy atom. The quantitative estimate of drug-likeness (QED) is 0.125. The number of nitrogens with one attached hydrogen (secondary N) is 1. The Balaban J connectivity index is 0.000000202. The first kappa shape index (κ1) is 31.0. The Kier molecular flexibility index (Phi) is 10.0. The highest BCUT2D eigenvalue weighted by molar-refractivity contribution is 6.18. The highest BCUT2D eigenvalue weighted by atomic mass is 35.5. The lowest BCUT2D eigenvalue weighted by molar-refractivity contribution is -0.148. The third kappa shape index (κ3) is 6.42. The summed E-state index contributed by atoms with van der Waals surface area (Å²) < 4.78 is 5.50. The van der Waals surface area contributed by atoms with E-state index in [0.717, 1.165) is 81.6 Å². The number of halogens is 1. The van der Waals surface area contributed by atoms with Crippen molar-refractivity contribution >= 4 is 29.4 Å². The number of carbonyl (C=O) groups is 3. The number of esters is 1. The van der Waals surface area contributed by atoms with Gasteiger partial charge in [-0.3, -0.25) is 9.59 Å². The molecular weight excluding hydrogens is 530 g/mol. The third-order valence-electron chi connectivity index (χ3n) is 11.1. The summed E-state index contributed by atoms with van der Waals surface area (Å²) in [6.07, 6.45) is 15.0. The normalized spacial score (nSPS) is 38.3. The van der Waals surface area contributed by atoms with Gasteiger partial charge < -0.3 is 10.1 Å². The second-order valence-electron chi connectivity index (χ2n) is 13.5. The molecule has 4 saturated carbocycles. The first-order chi connectivity index (χ1) is 19.0. The van der Waals surface area contributed by atoms with Crippen LogP contribution in [-0.4, -0.2) is 47.4 Å². The summed E-state index contributed by atoms with van der Waals surface area (Å²) >= 11 is 5.46. The average molecular weight is 578 g/mol. The standard InChI is InChI=1S/C21H30O3.C10H18ClN3O2/c1-13(22)24-15-8-10-20(2)14(12-15)4-5-16-17-6-7-19(23)21(17,3)11-9-18(16)20;1-8-2-4-9(5-3-8)12-10(15)14(13-16)7-6-11/h4,15-18H,5-12H2,1-3H3;8-9H,2-7H2,1H3,(H,12,15). The topological polar surface area (TPSA) is 105 Å². The maximum absolute atomic E-state index is 12.4. The molecule has 5 aliphatic rings. The summed E-state index contributed by atoms with van der Waals surface area (Å²) in [6.45, 7) is 8.56. The number of alkyl halides is 1.